The van der Waals surface area contributed by atoms with Crippen LogP contribution in [0.15, 0.2) is 54.6 Å². The van der Waals surface area contributed by atoms with Gasteiger partial charge in [-0.2, -0.15) is 0 Å². The van der Waals surface area contributed by atoms with E-state index in [-0.39, 0.29) is 11.3 Å². The van der Waals surface area contributed by atoms with Crippen LogP contribution in [-0.4, -0.2) is 16.0 Å². The molecular weight excluding hydrogens is 294 g/mol. The summed E-state index contributed by atoms with van der Waals surface area (Å²) in [6.45, 7) is 1.97. The Bertz CT molecular complexity index is 947. The fraction of sp³-hybridized carbons (Fsp3) is 0.0556. The molecule has 5 nitrogen and oxygen atoms in total. The van der Waals surface area contributed by atoms with Crippen LogP contribution in [0.1, 0.15) is 15.9 Å². The number of benzene rings is 3. The molecule has 0 heterocycles. The van der Waals surface area contributed by atoms with E-state index in [0.29, 0.717) is 11.1 Å². The Morgan fingerprint density at radius 1 is 1.00 bits per heavy atom. The van der Waals surface area contributed by atoms with Crippen LogP contribution in [0.5, 0.6) is 0 Å². The topological polar surface area (TPSA) is 80.4 Å². The lowest BCUT2D eigenvalue weighted by atomic mass is 9.92. The van der Waals surface area contributed by atoms with Crippen molar-refractivity contribution in [3.63, 3.8) is 0 Å². The summed E-state index contributed by atoms with van der Waals surface area (Å²) in [7, 11) is 0. The number of carbonyl (C=O) groups is 1. The molecule has 0 bridgehead atoms. The van der Waals surface area contributed by atoms with Gasteiger partial charge >= 0.3 is 5.97 Å². The Hall–Kier alpha value is -3.21. The highest BCUT2D eigenvalue weighted by Gasteiger charge is 2.18. The molecule has 0 fully saturated rings. The molecule has 3 rings (SSSR count). The predicted molar refractivity (Wildman–Crippen MR) is 87.7 cm³/mol. The molecule has 5 heteroatoms. The summed E-state index contributed by atoms with van der Waals surface area (Å²) in [4.78, 5) is 22.0. The number of hydrogen-bond donors (Lipinski definition) is 1. The number of fused-ring (bicyclic) bond motifs is 1. The van der Waals surface area contributed by atoms with Crippen LogP contribution in [0.2, 0.25) is 0 Å². The average molecular weight is 307 g/mol. The number of nitro groups is 1. The zero-order valence-corrected chi connectivity index (χ0v) is 12.3. The summed E-state index contributed by atoms with van der Waals surface area (Å²) >= 11 is 0. The van der Waals surface area contributed by atoms with Gasteiger partial charge in [0.15, 0.2) is 0 Å². The highest BCUT2D eigenvalue weighted by Crippen LogP contribution is 2.34. The molecular formula is C18H13NO4. The van der Waals surface area contributed by atoms with E-state index in [1.54, 1.807) is 0 Å². The minimum absolute atomic E-state index is 0.0459. The summed E-state index contributed by atoms with van der Waals surface area (Å²) < 4.78 is 0. The second kappa shape index (κ2) is 5.53. The Labute approximate surface area is 132 Å². The summed E-state index contributed by atoms with van der Waals surface area (Å²) in [5.74, 6) is -1.11. The van der Waals surface area contributed by atoms with Gasteiger partial charge in [0, 0.05) is 17.7 Å². The molecule has 114 valence electrons. The largest absolute Gasteiger partial charge is 0.478 e. The third kappa shape index (κ3) is 2.53. The quantitative estimate of drug-likeness (QED) is 0.573. The van der Waals surface area contributed by atoms with E-state index in [9.17, 15) is 20.0 Å². The molecule has 0 aliphatic heterocycles. The monoisotopic (exact) mass is 307 g/mol. The number of rotatable bonds is 3. The molecule has 0 saturated heterocycles. The van der Waals surface area contributed by atoms with Crippen molar-refractivity contribution < 1.29 is 14.8 Å². The second-order valence-electron chi connectivity index (χ2n) is 5.27. The van der Waals surface area contributed by atoms with Crippen LogP contribution >= 0.6 is 0 Å². The molecule has 3 aromatic carbocycles. The molecule has 0 unspecified atom stereocenters. The smallest absolute Gasteiger partial charge is 0.336 e. The first-order chi connectivity index (χ1) is 11.0. The van der Waals surface area contributed by atoms with E-state index in [4.69, 9.17) is 0 Å². The lowest BCUT2D eigenvalue weighted by Gasteiger charge is -2.11. The van der Waals surface area contributed by atoms with Crippen LogP contribution < -0.4 is 0 Å². The van der Waals surface area contributed by atoms with Crippen molar-refractivity contribution >= 4 is 22.4 Å². The van der Waals surface area contributed by atoms with E-state index in [1.165, 1.54) is 18.2 Å². The predicted octanol–water partition coefficient (Wildman–Crippen LogP) is 4.42. The summed E-state index contributed by atoms with van der Waals surface area (Å²) in [5, 5.41) is 22.3. The van der Waals surface area contributed by atoms with Crippen LogP contribution in [0.3, 0.4) is 0 Å². The molecule has 3 aromatic rings. The summed E-state index contributed by atoms with van der Waals surface area (Å²) in [5.41, 5.74) is 2.00. The van der Waals surface area contributed by atoms with Gasteiger partial charge < -0.3 is 5.11 Å². The molecule has 0 aliphatic carbocycles. The van der Waals surface area contributed by atoms with Crippen molar-refractivity contribution in [1.82, 2.24) is 0 Å². The van der Waals surface area contributed by atoms with Crippen molar-refractivity contribution in [1.29, 1.82) is 0 Å². The fourth-order valence-electron chi connectivity index (χ4n) is 2.74. The fourth-order valence-corrected chi connectivity index (χ4v) is 2.74. The maximum Gasteiger partial charge on any atom is 0.336 e. The van der Waals surface area contributed by atoms with Crippen molar-refractivity contribution in [2.24, 2.45) is 0 Å². The number of carboxylic acid groups (broad SMARTS) is 1. The molecule has 0 aliphatic rings. The highest BCUT2D eigenvalue weighted by molar-refractivity contribution is 6.04. The van der Waals surface area contributed by atoms with E-state index >= 15 is 0 Å². The molecule has 0 aromatic heterocycles. The Morgan fingerprint density at radius 2 is 1.70 bits per heavy atom. The maximum absolute atomic E-state index is 11.5. The average Bonchev–Trinajstić information content (AvgIpc) is 2.55. The number of nitro benzene ring substituents is 1. The highest BCUT2D eigenvalue weighted by atomic mass is 16.6. The van der Waals surface area contributed by atoms with E-state index < -0.39 is 10.9 Å². The second-order valence-corrected chi connectivity index (χ2v) is 5.27. The van der Waals surface area contributed by atoms with Crippen LogP contribution in [0.25, 0.3) is 21.9 Å². The zero-order chi connectivity index (χ0) is 16.6. The van der Waals surface area contributed by atoms with Crippen molar-refractivity contribution in [3.05, 3.63) is 75.8 Å². The Balaban J connectivity index is 2.38. The molecule has 0 amide bonds. The van der Waals surface area contributed by atoms with Gasteiger partial charge in [0.25, 0.3) is 5.69 Å². The molecule has 0 atom stereocenters. The maximum atomic E-state index is 11.5. The number of aryl methyl sites for hydroxylation is 1. The van der Waals surface area contributed by atoms with E-state index in [0.717, 1.165) is 16.3 Å². The van der Waals surface area contributed by atoms with E-state index in [2.05, 4.69) is 0 Å². The van der Waals surface area contributed by atoms with Gasteiger partial charge in [0.2, 0.25) is 0 Å². The first kappa shape index (κ1) is 14.7. The van der Waals surface area contributed by atoms with Gasteiger partial charge in [-0.15, -0.1) is 0 Å². The van der Waals surface area contributed by atoms with Crippen LogP contribution in [0, 0.1) is 17.0 Å². The lowest BCUT2D eigenvalue weighted by Crippen LogP contribution is -2.01. The SMILES string of the molecule is Cc1ccc(-c2cc([N+](=O)[O-])ccc2C(=O)O)c2ccccc12. The first-order valence-corrected chi connectivity index (χ1v) is 6.99. The zero-order valence-electron chi connectivity index (χ0n) is 12.3. The van der Waals surface area contributed by atoms with Crippen molar-refractivity contribution in [2.75, 3.05) is 0 Å². The third-order valence-corrected chi connectivity index (χ3v) is 3.88. The summed E-state index contributed by atoms with van der Waals surface area (Å²) in [6.07, 6.45) is 0. The van der Waals surface area contributed by atoms with Gasteiger partial charge in [-0.05, 0) is 34.9 Å². The van der Waals surface area contributed by atoms with Crippen molar-refractivity contribution in [2.45, 2.75) is 6.92 Å². The normalized spacial score (nSPS) is 10.7. The minimum atomic E-state index is -1.11. The van der Waals surface area contributed by atoms with Gasteiger partial charge in [-0.25, -0.2) is 4.79 Å². The first-order valence-electron chi connectivity index (χ1n) is 6.99. The van der Waals surface area contributed by atoms with E-state index in [1.807, 2.05) is 43.3 Å². The molecule has 1 N–H and O–H groups in total. The number of nitrogens with zero attached hydrogens (tertiary/aromatic N) is 1. The van der Waals surface area contributed by atoms with Gasteiger partial charge in [0.05, 0.1) is 10.5 Å². The molecule has 0 radical (unpaired) electrons. The van der Waals surface area contributed by atoms with Gasteiger partial charge in [0.1, 0.15) is 0 Å². The lowest BCUT2D eigenvalue weighted by molar-refractivity contribution is -0.384. The Morgan fingerprint density at radius 3 is 2.35 bits per heavy atom. The molecule has 23 heavy (non-hydrogen) atoms. The third-order valence-electron chi connectivity index (χ3n) is 3.88. The summed E-state index contributed by atoms with van der Waals surface area (Å²) in [6, 6.07) is 15.1. The molecule has 0 spiro atoms. The number of hydrogen-bond acceptors (Lipinski definition) is 3. The van der Waals surface area contributed by atoms with Crippen molar-refractivity contribution in [3.8, 4) is 11.1 Å². The Kier molecular flexibility index (Phi) is 3.54. The van der Waals surface area contributed by atoms with Crippen LogP contribution in [-0.2, 0) is 0 Å². The van der Waals surface area contributed by atoms with Gasteiger partial charge in [-0.3, -0.25) is 10.1 Å². The van der Waals surface area contributed by atoms with Gasteiger partial charge in [-0.1, -0.05) is 36.4 Å². The number of aromatic carboxylic acids is 1. The number of non-ortho nitro benzene ring substituents is 1. The minimum Gasteiger partial charge on any atom is -0.478 e. The molecule has 0 saturated carbocycles. The number of carboxylic acids is 1. The standard InChI is InChI=1S/C18H13NO4/c1-11-6-8-15(14-5-3-2-4-13(11)14)17-10-12(19(22)23)7-9-16(17)18(20)21/h2-10H,1H3,(H,20,21). The van der Waals surface area contributed by atoms with Crippen LogP contribution in [0.4, 0.5) is 5.69 Å².